The zero-order valence-corrected chi connectivity index (χ0v) is 19.9. The number of rotatable bonds is 10. The number of carboxylic acids is 1. The van der Waals surface area contributed by atoms with E-state index in [9.17, 15) is 9.90 Å². The largest absolute Gasteiger partial charge is 0.480 e. The van der Waals surface area contributed by atoms with Crippen LogP contribution in [0.3, 0.4) is 0 Å². The van der Waals surface area contributed by atoms with Crippen molar-refractivity contribution in [3.8, 4) is 0 Å². The third kappa shape index (κ3) is 5.26. The molecular formula is C27H36N4O3. The zero-order chi connectivity index (χ0) is 23.3. The predicted octanol–water partition coefficient (Wildman–Crippen LogP) is 4.56. The number of fused-ring (bicyclic) bond motifs is 1. The molecule has 1 saturated carbocycles. The topological polar surface area (TPSA) is 87.6 Å². The first-order valence-corrected chi connectivity index (χ1v) is 12.9. The molecular weight excluding hydrogens is 428 g/mol. The molecule has 1 saturated heterocycles. The van der Waals surface area contributed by atoms with Gasteiger partial charge in [0.25, 0.3) is 0 Å². The standard InChI is InChI=1S/C27H36N4O3/c32-27(33)25(23-10-5-14-28-24(23)19-6-3-7-19)31-16-13-22(18-31)34-17-2-1-9-21-12-11-20-8-4-15-29-26(20)30-21/h4-5,8,10,14-15,19,21-22,25H,1-3,6-7,9,11-13,16-18H2,(H,29,30)(H,32,33)/t21-,22-,25-/m1/s1. The molecule has 0 amide bonds. The van der Waals surface area contributed by atoms with Crippen molar-refractivity contribution in [2.75, 3.05) is 25.0 Å². The number of aromatic nitrogens is 2. The zero-order valence-electron chi connectivity index (χ0n) is 19.9. The number of hydrogen-bond acceptors (Lipinski definition) is 6. The quantitative estimate of drug-likeness (QED) is 0.499. The highest BCUT2D eigenvalue weighted by Gasteiger charge is 2.37. The minimum absolute atomic E-state index is 0.106. The monoisotopic (exact) mass is 464 g/mol. The van der Waals surface area contributed by atoms with Gasteiger partial charge < -0.3 is 15.2 Å². The molecule has 2 aromatic heterocycles. The minimum atomic E-state index is -0.787. The maximum Gasteiger partial charge on any atom is 0.325 e. The van der Waals surface area contributed by atoms with Crippen LogP contribution in [0.25, 0.3) is 0 Å². The summed E-state index contributed by atoms with van der Waals surface area (Å²) in [7, 11) is 0. The van der Waals surface area contributed by atoms with Crippen molar-refractivity contribution in [3.63, 3.8) is 0 Å². The van der Waals surface area contributed by atoms with E-state index in [0.717, 1.165) is 81.6 Å². The van der Waals surface area contributed by atoms with Crippen molar-refractivity contribution in [2.24, 2.45) is 0 Å². The van der Waals surface area contributed by atoms with E-state index in [2.05, 4.69) is 26.3 Å². The average Bonchev–Trinajstić information content (AvgIpc) is 3.27. The molecule has 0 unspecified atom stereocenters. The van der Waals surface area contributed by atoms with Crippen LogP contribution < -0.4 is 5.32 Å². The predicted molar refractivity (Wildman–Crippen MR) is 131 cm³/mol. The maximum absolute atomic E-state index is 12.3. The molecule has 1 aliphatic carbocycles. The molecule has 0 aromatic carbocycles. The van der Waals surface area contributed by atoms with Crippen molar-refractivity contribution in [1.29, 1.82) is 0 Å². The van der Waals surface area contributed by atoms with Gasteiger partial charge in [-0.05, 0) is 69.1 Å². The van der Waals surface area contributed by atoms with Crippen LogP contribution in [0.1, 0.15) is 80.1 Å². The van der Waals surface area contributed by atoms with Crippen molar-refractivity contribution < 1.29 is 14.6 Å². The van der Waals surface area contributed by atoms with Gasteiger partial charge in [0.15, 0.2) is 0 Å². The second kappa shape index (κ2) is 10.8. The molecule has 3 atom stereocenters. The van der Waals surface area contributed by atoms with Crippen LogP contribution >= 0.6 is 0 Å². The van der Waals surface area contributed by atoms with E-state index in [0.29, 0.717) is 18.5 Å². The van der Waals surface area contributed by atoms with Crippen LogP contribution in [0.15, 0.2) is 36.7 Å². The summed E-state index contributed by atoms with van der Waals surface area (Å²) in [6, 6.07) is 7.85. The lowest BCUT2D eigenvalue weighted by atomic mass is 9.80. The Hall–Kier alpha value is -2.51. The van der Waals surface area contributed by atoms with Gasteiger partial charge >= 0.3 is 5.97 Å². The highest BCUT2D eigenvalue weighted by Crippen LogP contribution is 2.40. The Bertz CT molecular complexity index is 980. The van der Waals surface area contributed by atoms with E-state index in [1.165, 1.54) is 12.0 Å². The average molecular weight is 465 g/mol. The highest BCUT2D eigenvalue weighted by atomic mass is 16.5. The van der Waals surface area contributed by atoms with E-state index in [-0.39, 0.29) is 6.10 Å². The summed E-state index contributed by atoms with van der Waals surface area (Å²) < 4.78 is 6.17. The summed E-state index contributed by atoms with van der Waals surface area (Å²) in [6.45, 7) is 2.15. The van der Waals surface area contributed by atoms with Crippen LogP contribution in [0.2, 0.25) is 0 Å². The number of aliphatic carboxylic acids is 1. The van der Waals surface area contributed by atoms with E-state index >= 15 is 0 Å². The fourth-order valence-corrected chi connectivity index (χ4v) is 5.62. The molecule has 34 heavy (non-hydrogen) atoms. The summed E-state index contributed by atoms with van der Waals surface area (Å²) in [5.74, 6) is 0.670. The number of anilines is 1. The molecule has 7 nitrogen and oxygen atoms in total. The van der Waals surface area contributed by atoms with Gasteiger partial charge in [-0.15, -0.1) is 0 Å². The molecule has 3 aliphatic rings. The van der Waals surface area contributed by atoms with E-state index < -0.39 is 12.0 Å². The van der Waals surface area contributed by atoms with Crippen molar-refractivity contribution >= 4 is 11.8 Å². The first kappa shape index (κ1) is 23.2. The lowest BCUT2D eigenvalue weighted by molar-refractivity contribution is -0.143. The van der Waals surface area contributed by atoms with Gasteiger partial charge in [0.05, 0.1) is 6.10 Å². The number of carbonyl (C=O) groups is 1. The van der Waals surface area contributed by atoms with E-state index in [1.807, 2.05) is 24.4 Å². The summed E-state index contributed by atoms with van der Waals surface area (Å²) in [5.41, 5.74) is 3.18. The SMILES string of the molecule is O=C(O)[C@@H](c1cccnc1C1CCC1)N1CC[C@@H](OCCCC[C@@H]2CCc3cccnc3N2)C1. The van der Waals surface area contributed by atoms with Crippen LogP contribution in [-0.2, 0) is 16.0 Å². The van der Waals surface area contributed by atoms with Gasteiger partial charge in [-0.2, -0.15) is 0 Å². The maximum atomic E-state index is 12.3. The molecule has 7 heteroatoms. The number of aryl methyl sites for hydroxylation is 1. The minimum Gasteiger partial charge on any atom is -0.480 e. The van der Waals surface area contributed by atoms with Crippen LogP contribution in [-0.4, -0.2) is 57.8 Å². The summed E-state index contributed by atoms with van der Waals surface area (Å²) in [4.78, 5) is 23.4. The van der Waals surface area contributed by atoms with Gasteiger partial charge in [-0.3, -0.25) is 14.7 Å². The number of ether oxygens (including phenoxy) is 1. The van der Waals surface area contributed by atoms with Gasteiger partial charge in [0.1, 0.15) is 11.9 Å². The third-order valence-corrected chi connectivity index (χ3v) is 7.73. The number of likely N-dealkylation sites (tertiary alicyclic amines) is 1. The molecule has 4 heterocycles. The Kier molecular flexibility index (Phi) is 7.40. The van der Waals surface area contributed by atoms with Crippen molar-refractivity contribution in [3.05, 3.63) is 53.5 Å². The van der Waals surface area contributed by atoms with Crippen molar-refractivity contribution in [1.82, 2.24) is 14.9 Å². The number of unbranched alkanes of at least 4 members (excludes halogenated alkanes) is 1. The number of hydrogen-bond donors (Lipinski definition) is 2. The lowest BCUT2D eigenvalue weighted by Gasteiger charge is -2.31. The van der Waals surface area contributed by atoms with Crippen molar-refractivity contribution in [2.45, 2.75) is 81.9 Å². The van der Waals surface area contributed by atoms with E-state index in [1.54, 1.807) is 6.20 Å². The Labute approximate surface area is 201 Å². The number of carboxylic acid groups (broad SMARTS) is 1. The summed E-state index contributed by atoms with van der Waals surface area (Å²) >= 11 is 0. The molecule has 2 fully saturated rings. The number of nitrogens with one attached hydrogen (secondary N) is 1. The second-order valence-electron chi connectivity index (χ2n) is 10.0. The van der Waals surface area contributed by atoms with Crippen LogP contribution in [0.5, 0.6) is 0 Å². The first-order valence-electron chi connectivity index (χ1n) is 12.9. The molecule has 5 rings (SSSR count). The Morgan fingerprint density at radius 2 is 2.00 bits per heavy atom. The molecule has 0 spiro atoms. The molecule has 0 bridgehead atoms. The van der Waals surface area contributed by atoms with Gasteiger partial charge in [0.2, 0.25) is 0 Å². The Morgan fingerprint density at radius 3 is 2.82 bits per heavy atom. The van der Waals surface area contributed by atoms with Crippen LogP contribution in [0.4, 0.5) is 5.82 Å². The lowest BCUT2D eigenvalue weighted by Crippen LogP contribution is -2.35. The summed E-state index contributed by atoms with van der Waals surface area (Å²) in [5, 5.41) is 13.7. The van der Waals surface area contributed by atoms with Crippen LogP contribution in [0, 0.1) is 0 Å². The third-order valence-electron chi connectivity index (χ3n) is 7.73. The molecule has 2 N–H and O–H groups in total. The molecule has 2 aliphatic heterocycles. The Balaban J connectivity index is 1.07. The molecule has 0 radical (unpaired) electrons. The number of nitrogens with zero attached hydrogens (tertiary/aromatic N) is 3. The first-order chi connectivity index (χ1) is 16.7. The molecule has 2 aromatic rings. The Morgan fingerprint density at radius 1 is 1.15 bits per heavy atom. The smallest absolute Gasteiger partial charge is 0.325 e. The van der Waals surface area contributed by atoms with Gasteiger partial charge in [0, 0.05) is 55.3 Å². The van der Waals surface area contributed by atoms with E-state index in [4.69, 9.17) is 4.74 Å². The number of pyridine rings is 2. The normalized spacial score (nSPS) is 23.6. The van der Waals surface area contributed by atoms with Gasteiger partial charge in [-0.1, -0.05) is 18.6 Å². The fraction of sp³-hybridized carbons (Fsp3) is 0.593. The molecule has 182 valence electrons. The highest BCUT2D eigenvalue weighted by molar-refractivity contribution is 5.76. The summed E-state index contributed by atoms with van der Waals surface area (Å²) in [6.07, 6.45) is 13.6. The van der Waals surface area contributed by atoms with Gasteiger partial charge in [-0.25, -0.2) is 4.98 Å². The fourth-order valence-electron chi connectivity index (χ4n) is 5.62. The second-order valence-corrected chi connectivity index (χ2v) is 10.0.